The van der Waals surface area contributed by atoms with Gasteiger partial charge in [0, 0.05) is 36.6 Å². The van der Waals surface area contributed by atoms with E-state index in [-0.39, 0.29) is 18.6 Å². The Kier molecular flexibility index (Phi) is 8.59. The first-order valence-electron chi connectivity index (χ1n) is 14.1. The molecule has 0 spiro atoms. The van der Waals surface area contributed by atoms with E-state index in [0.717, 1.165) is 4.57 Å². The molecule has 4 aromatic rings. The molecule has 0 saturated carbocycles. The summed E-state index contributed by atoms with van der Waals surface area (Å²) < 4.78 is 35.8. The Hall–Kier alpha value is -3.81. The van der Waals surface area contributed by atoms with Gasteiger partial charge in [0.25, 0.3) is 5.56 Å². The first kappa shape index (κ1) is 30.6. The number of morpholine rings is 1. The molecule has 230 valence electrons. The number of benzene rings is 1. The lowest BCUT2D eigenvalue weighted by Gasteiger charge is -2.35. The maximum absolute atomic E-state index is 14.5. The monoisotopic (exact) mass is 613 g/mol. The Morgan fingerprint density at radius 1 is 1.21 bits per heavy atom. The molecule has 1 aromatic carbocycles. The number of nitrogens with zero attached hydrogens (tertiary/aromatic N) is 5. The zero-order chi connectivity index (χ0) is 31.1. The Labute approximate surface area is 252 Å². The summed E-state index contributed by atoms with van der Waals surface area (Å²) in [7, 11) is 1.48. The summed E-state index contributed by atoms with van der Waals surface area (Å²) in [5.41, 5.74) is -1.73. The maximum Gasteiger partial charge on any atom is 0.333 e. The van der Waals surface area contributed by atoms with Gasteiger partial charge < -0.3 is 19.1 Å². The van der Waals surface area contributed by atoms with Crippen molar-refractivity contribution < 1.29 is 23.4 Å². The number of methoxy groups -OCH3 is 1. The van der Waals surface area contributed by atoms with Crippen LogP contribution in [0, 0.1) is 12.7 Å². The first-order valence-corrected chi connectivity index (χ1v) is 14.9. The Morgan fingerprint density at radius 3 is 2.56 bits per heavy atom. The van der Waals surface area contributed by atoms with Gasteiger partial charge in [-0.25, -0.2) is 18.4 Å². The standard InChI is InChI=1S/C30H36FN5O6S/c1-18(2)42-23(21-16-20(31)8-9-22(21)40-6)17-34-27-24(19(3)26(43-27)35-11-7-10-32-35)25(37)36(29(34)39)30(4,5)28(38)33-12-14-41-15-13-33/h7-11,16,18,23H,12-15,17H2,1-6H3. The van der Waals surface area contributed by atoms with Crippen molar-refractivity contribution in [2.24, 2.45) is 0 Å². The number of thiophene rings is 1. The Balaban J connectivity index is 1.77. The van der Waals surface area contributed by atoms with Gasteiger partial charge in [-0.2, -0.15) is 5.10 Å². The average Bonchev–Trinajstić information content (AvgIpc) is 3.62. The summed E-state index contributed by atoms with van der Waals surface area (Å²) in [6, 6.07) is 5.89. The van der Waals surface area contributed by atoms with E-state index in [2.05, 4.69) is 5.10 Å². The van der Waals surface area contributed by atoms with Gasteiger partial charge in [-0.3, -0.25) is 14.2 Å². The second-order valence-corrected chi connectivity index (χ2v) is 12.2. The van der Waals surface area contributed by atoms with E-state index in [9.17, 15) is 18.8 Å². The van der Waals surface area contributed by atoms with Crippen molar-refractivity contribution in [2.45, 2.75) is 58.9 Å². The number of ether oxygens (including phenoxy) is 3. The minimum Gasteiger partial charge on any atom is -0.496 e. The van der Waals surface area contributed by atoms with Crippen molar-refractivity contribution >= 4 is 27.5 Å². The first-order chi connectivity index (χ1) is 20.4. The lowest BCUT2D eigenvalue weighted by Crippen LogP contribution is -2.58. The van der Waals surface area contributed by atoms with E-state index in [0.29, 0.717) is 58.4 Å². The molecule has 0 N–H and O–H groups in total. The summed E-state index contributed by atoms with van der Waals surface area (Å²) in [5.74, 6) is -0.448. The zero-order valence-corrected chi connectivity index (χ0v) is 25.9. The number of hydrogen-bond donors (Lipinski definition) is 0. The molecule has 1 aliphatic heterocycles. The van der Waals surface area contributed by atoms with E-state index < -0.39 is 28.7 Å². The molecule has 11 nitrogen and oxygen atoms in total. The Bertz CT molecular complexity index is 1750. The van der Waals surface area contributed by atoms with Gasteiger partial charge >= 0.3 is 5.69 Å². The lowest BCUT2D eigenvalue weighted by atomic mass is 10.0. The van der Waals surface area contributed by atoms with Crippen molar-refractivity contribution in [3.8, 4) is 10.8 Å². The number of aromatic nitrogens is 4. The number of fused-ring (bicyclic) bond motifs is 1. The fourth-order valence-electron chi connectivity index (χ4n) is 5.51. The lowest BCUT2D eigenvalue weighted by molar-refractivity contribution is -0.143. The number of amides is 1. The van der Waals surface area contributed by atoms with Crippen molar-refractivity contribution in [1.29, 1.82) is 0 Å². The highest BCUT2D eigenvalue weighted by atomic mass is 32.1. The molecule has 43 heavy (non-hydrogen) atoms. The number of halogens is 1. The highest BCUT2D eigenvalue weighted by Crippen LogP contribution is 2.35. The molecule has 1 fully saturated rings. The predicted octanol–water partition coefficient (Wildman–Crippen LogP) is 3.63. The fourth-order valence-corrected chi connectivity index (χ4v) is 6.76. The van der Waals surface area contributed by atoms with Gasteiger partial charge in [0.1, 0.15) is 33.0 Å². The number of carbonyl (C=O) groups excluding carboxylic acids is 1. The molecule has 1 unspecified atom stereocenters. The number of aryl methyl sites for hydroxylation is 1. The smallest absolute Gasteiger partial charge is 0.333 e. The van der Waals surface area contributed by atoms with Crippen LogP contribution in [0.25, 0.3) is 15.2 Å². The SMILES string of the molecule is COc1ccc(F)cc1C(Cn1c(=O)n(C(C)(C)C(=O)N2CCOCC2)c(=O)c2c(C)c(-n3cccn3)sc21)OC(C)C. The molecule has 13 heteroatoms. The molecule has 1 saturated heterocycles. The summed E-state index contributed by atoms with van der Waals surface area (Å²) in [4.78, 5) is 44.6. The van der Waals surface area contributed by atoms with E-state index in [1.54, 1.807) is 48.8 Å². The molecule has 0 aliphatic carbocycles. The molecular weight excluding hydrogens is 577 g/mol. The van der Waals surface area contributed by atoms with Crippen LogP contribution < -0.4 is 16.0 Å². The van der Waals surface area contributed by atoms with Crippen LogP contribution in [-0.4, -0.2) is 69.2 Å². The van der Waals surface area contributed by atoms with E-state index >= 15 is 0 Å². The maximum atomic E-state index is 14.5. The summed E-state index contributed by atoms with van der Waals surface area (Å²) >= 11 is 1.24. The van der Waals surface area contributed by atoms with E-state index in [1.165, 1.54) is 41.2 Å². The van der Waals surface area contributed by atoms with Crippen LogP contribution in [0.1, 0.15) is 44.9 Å². The third kappa shape index (κ3) is 5.64. The van der Waals surface area contributed by atoms with Crippen molar-refractivity contribution in [1.82, 2.24) is 23.8 Å². The van der Waals surface area contributed by atoms with E-state index in [4.69, 9.17) is 14.2 Å². The summed E-state index contributed by atoms with van der Waals surface area (Å²) in [6.45, 7) is 10.0. The molecule has 0 radical (unpaired) electrons. The third-order valence-electron chi connectivity index (χ3n) is 7.60. The number of carbonyl (C=O) groups is 1. The van der Waals surface area contributed by atoms with Crippen molar-refractivity contribution in [2.75, 3.05) is 33.4 Å². The molecule has 1 atom stereocenters. The molecule has 5 rings (SSSR count). The quantitative estimate of drug-likeness (QED) is 0.284. The molecule has 1 aliphatic rings. The predicted molar refractivity (Wildman–Crippen MR) is 161 cm³/mol. The van der Waals surface area contributed by atoms with Crippen molar-refractivity contribution in [3.63, 3.8) is 0 Å². The van der Waals surface area contributed by atoms with Crippen LogP contribution in [0.4, 0.5) is 4.39 Å². The fraction of sp³-hybridized carbons (Fsp3) is 0.467. The molecule has 4 heterocycles. The normalized spacial score (nSPS) is 14.9. The Morgan fingerprint density at radius 2 is 1.93 bits per heavy atom. The third-order valence-corrected chi connectivity index (χ3v) is 8.91. The van der Waals surface area contributed by atoms with Crippen LogP contribution in [0.2, 0.25) is 0 Å². The molecule has 1 amide bonds. The van der Waals surface area contributed by atoms with Crippen LogP contribution >= 0.6 is 11.3 Å². The summed E-state index contributed by atoms with van der Waals surface area (Å²) in [5, 5.41) is 5.30. The summed E-state index contributed by atoms with van der Waals surface area (Å²) in [6.07, 6.45) is 2.26. The largest absolute Gasteiger partial charge is 0.496 e. The molecule has 3 aromatic heterocycles. The van der Waals surface area contributed by atoms with Crippen LogP contribution in [0.3, 0.4) is 0 Å². The van der Waals surface area contributed by atoms with E-state index in [1.807, 2.05) is 13.8 Å². The minimum absolute atomic E-state index is 0.0755. The van der Waals surface area contributed by atoms with Gasteiger partial charge in [0.05, 0.1) is 38.4 Å². The van der Waals surface area contributed by atoms with Crippen LogP contribution in [0.15, 0.2) is 46.2 Å². The van der Waals surface area contributed by atoms with Gasteiger partial charge in [-0.15, -0.1) is 0 Å². The number of hydrogen-bond acceptors (Lipinski definition) is 8. The molecule has 0 bridgehead atoms. The van der Waals surface area contributed by atoms with Crippen molar-refractivity contribution in [3.05, 3.63) is 74.4 Å². The van der Waals surface area contributed by atoms with Gasteiger partial charge in [0.15, 0.2) is 0 Å². The minimum atomic E-state index is -1.52. The van der Waals surface area contributed by atoms with Gasteiger partial charge in [0.2, 0.25) is 5.91 Å². The highest BCUT2D eigenvalue weighted by molar-refractivity contribution is 7.21. The molecular formula is C30H36FN5O6S. The second-order valence-electron chi connectivity index (χ2n) is 11.2. The topological polar surface area (TPSA) is 110 Å². The van der Waals surface area contributed by atoms with Gasteiger partial charge in [-0.1, -0.05) is 11.3 Å². The van der Waals surface area contributed by atoms with Gasteiger partial charge in [-0.05, 0) is 58.9 Å². The number of rotatable bonds is 9. The zero-order valence-electron chi connectivity index (χ0n) is 25.1. The highest BCUT2D eigenvalue weighted by Gasteiger charge is 2.39. The van der Waals surface area contributed by atoms with Crippen LogP contribution in [-0.2, 0) is 26.4 Å². The second kappa shape index (κ2) is 12.1. The average molecular weight is 614 g/mol. The van der Waals surface area contributed by atoms with Crippen LogP contribution in [0.5, 0.6) is 5.75 Å².